The van der Waals surface area contributed by atoms with Gasteiger partial charge in [0.15, 0.2) is 5.65 Å². The second kappa shape index (κ2) is 7.04. The summed E-state index contributed by atoms with van der Waals surface area (Å²) < 4.78 is 9.34. The first-order valence-electron chi connectivity index (χ1n) is 8.80. The highest BCUT2D eigenvalue weighted by Crippen LogP contribution is 2.25. The Labute approximate surface area is 162 Å². The topological polar surface area (TPSA) is 57.2 Å². The highest BCUT2D eigenvalue weighted by atomic mass is 35.5. The molecule has 0 spiro atoms. The number of imidazole rings is 1. The molecule has 3 heterocycles. The summed E-state index contributed by atoms with van der Waals surface area (Å²) in [5, 5.41) is 5.47. The Bertz CT molecular complexity index is 1110. The van der Waals surface area contributed by atoms with Crippen molar-refractivity contribution in [1.29, 1.82) is 0 Å². The van der Waals surface area contributed by atoms with E-state index in [9.17, 15) is 0 Å². The molecule has 6 nitrogen and oxygen atoms in total. The number of methoxy groups -OCH3 is 1. The summed E-state index contributed by atoms with van der Waals surface area (Å²) in [5.74, 6) is 1.53. The van der Waals surface area contributed by atoms with Crippen LogP contribution in [0.1, 0.15) is 23.9 Å². The Hall–Kier alpha value is -2.86. The number of nitrogens with zero attached hydrogens (tertiary/aromatic N) is 5. The van der Waals surface area contributed by atoms with E-state index in [0.717, 1.165) is 40.4 Å². The molecule has 1 aromatic carbocycles. The number of hydrogen-bond donors (Lipinski definition) is 0. The van der Waals surface area contributed by atoms with Crippen molar-refractivity contribution in [2.45, 2.75) is 26.8 Å². The Morgan fingerprint density at radius 2 is 2.07 bits per heavy atom. The number of fused-ring (bicyclic) bond motifs is 1. The molecule has 0 fully saturated rings. The predicted molar refractivity (Wildman–Crippen MR) is 105 cm³/mol. The lowest BCUT2D eigenvalue weighted by Gasteiger charge is -2.07. The molecule has 3 aromatic heterocycles. The average molecular weight is 382 g/mol. The van der Waals surface area contributed by atoms with Crippen LogP contribution >= 0.6 is 11.6 Å². The molecular weight excluding hydrogens is 362 g/mol. The zero-order valence-corrected chi connectivity index (χ0v) is 16.2. The number of benzene rings is 1. The van der Waals surface area contributed by atoms with Crippen molar-refractivity contribution in [3.63, 3.8) is 0 Å². The molecule has 0 radical (unpaired) electrons. The Kier molecular flexibility index (Phi) is 4.58. The van der Waals surface area contributed by atoms with Crippen molar-refractivity contribution in [3.8, 4) is 17.3 Å². The van der Waals surface area contributed by atoms with E-state index in [1.165, 1.54) is 0 Å². The summed E-state index contributed by atoms with van der Waals surface area (Å²) >= 11 is 6.15. The summed E-state index contributed by atoms with van der Waals surface area (Å²) in [6.45, 7) is 4.67. The maximum absolute atomic E-state index is 6.15. The molecule has 27 heavy (non-hydrogen) atoms. The minimum absolute atomic E-state index is 0.594. The SMILES string of the molecule is CCc1c(Cn2ccnc2-c2cccc(Cl)c2)nn2c(OC)cc(C)nc12. The van der Waals surface area contributed by atoms with E-state index in [0.29, 0.717) is 17.4 Å². The molecular formula is C20H20ClN5O. The van der Waals surface area contributed by atoms with Gasteiger partial charge >= 0.3 is 0 Å². The molecule has 0 unspecified atom stereocenters. The number of hydrogen-bond acceptors (Lipinski definition) is 4. The fraction of sp³-hybridized carbons (Fsp3) is 0.250. The minimum atomic E-state index is 0.594. The highest BCUT2D eigenvalue weighted by molar-refractivity contribution is 6.30. The van der Waals surface area contributed by atoms with Crippen LogP contribution in [0, 0.1) is 6.92 Å². The molecule has 4 aromatic rings. The van der Waals surface area contributed by atoms with Crippen LogP contribution in [0.25, 0.3) is 17.0 Å². The number of ether oxygens (including phenoxy) is 1. The molecule has 0 atom stereocenters. The number of rotatable bonds is 5. The highest BCUT2D eigenvalue weighted by Gasteiger charge is 2.17. The van der Waals surface area contributed by atoms with E-state index in [1.807, 2.05) is 43.5 Å². The smallest absolute Gasteiger partial charge is 0.217 e. The Morgan fingerprint density at radius 3 is 2.81 bits per heavy atom. The molecule has 0 amide bonds. The first-order chi connectivity index (χ1) is 13.1. The van der Waals surface area contributed by atoms with Gasteiger partial charge in [0.25, 0.3) is 0 Å². The summed E-state index contributed by atoms with van der Waals surface area (Å²) in [6.07, 6.45) is 4.58. The maximum atomic E-state index is 6.15. The van der Waals surface area contributed by atoms with Gasteiger partial charge in [-0.05, 0) is 25.5 Å². The van der Waals surface area contributed by atoms with Crippen molar-refractivity contribution in [2.24, 2.45) is 0 Å². The van der Waals surface area contributed by atoms with Crippen LogP contribution in [0.15, 0.2) is 42.7 Å². The van der Waals surface area contributed by atoms with E-state index >= 15 is 0 Å². The maximum Gasteiger partial charge on any atom is 0.217 e. The molecule has 0 bridgehead atoms. The van der Waals surface area contributed by atoms with E-state index < -0.39 is 0 Å². The van der Waals surface area contributed by atoms with Gasteiger partial charge in [-0.3, -0.25) is 0 Å². The molecule has 0 aliphatic rings. The van der Waals surface area contributed by atoms with Gasteiger partial charge in [0.2, 0.25) is 5.88 Å². The summed E-state index contributed by atoms with van der Waals surface area (Å²) in [6, 6.07) is 9.59. The normalized spacial score (nSPS) is 11.3. The van der Waals surface area contributed by atoms with Gasteiger partial charge in [0.1, 0.15) is 5.82 Å². The summed E-state index contributed by atoms with van der Waals surface area (Å²) in [5.41, 5.74) is 4.79. The number of halogens is 1. The van der Waals surface area contributed by atoms with Crippen molar-refractivity contribution in [3.05, 3.63) is 64.7 Å². The van der Waals surface area contributed by atoms with E-state index in [4.69, 9.17) is 21.4 Å². The second-order valence-corrected chi connectivity index (χ2v) is 6.78. The van der Waals surface area contributed by atoms with Crippen LogP contribution in [0.5, 0.6) is 5.88 Å². The van der Waals surface area contributed by atoms with Gasteiger partial charge in [-0.1, -0.05) is 30.7 Å². The Morgan fingerprint density at radius 1 is 1.22 bits per heavy atom. The van der Waals surface area contributed by atoms with Crippen LogP contribution < -0.4 is 4.74 Å². The Balaban J connectivity index is 1.80. The quantitative estimate of drug-likeness (QED) is 0.520. The lowest BCUT2D eigenvalue weighted by Crippen LogP contribution is -2.04. The van der Waals surface area contributed by atoms with Crippen LogP contribution in [-0.2, 0) is 13.0 Å². The number of aryl methyl sites for hydroxylation is 2. The molecule has 0 aliphatic carbocycles. The van der Waals surface area contributed by atoms with Crippen molar-refractivity contribution >= 4 is 17.2 Å². The lowest BCUT2D eigenvalue weighted by molar-refractivity contribution is 0.383. The van der Waals surface area contributed by atoms with Gasteiger partial charge < -0.3 is 9.30 Å². The third-order valence-corrected chi connectivity index (χ3v) is 4.78. The molecule has 4 rings (SSSR count). The fourth-order valence-corrected chi connectivity index (χ4v) is 3.50. The van der Waals surface area contributed by atoms with Gasteiger partial charge in [-0.25, -0.2) is 9.97 Å². The molecule has 0 saturated carbocycles. The van der Waals surface area contributed by atoms with Gasteiger partial charge in [0, 0.05) is 40.3 Å². The minimum Gasteiger partial charge on any atom is -0.481 e. The van der Waals surface area contributed by atoms with Gasteiger partial charge in [0.05, 0.1) is 19.3 Å². The third kappa shape index (κ3) is 3.17. The van der Waals surface area contributed by atoms with Gasteiger partial charge in [-0.15, -0.1) is 0 Å². The van der Waals surface area contributed by atoms with Crippen molar-refractivity contribution < 1.29 is 4.74 Å². The van der Waals surface area contributed by atoms with E-state index in [-0.39, 0.29) is 0 Å². The monoisotopic (exact) mass is 381 g/mol. The van der Waals surface area contributed by atoms with E-state index in [2.05, 4.69) is 21.5 Å². The molecule has 7 heteroatoms. The van der Waals surface area contributed by atoms with E-state index in [1.54, 1.807) is 17.8 Å². The first-order valence-corrected chi connectivity index (χ1v) is 9.17. The van der Waals surface area contributed by atoms with Crippen LogP contribution in [0.4, 0.5) is 0 Å². The molecule has 138 valence electrons. The van der Waals surface area contributed by atoms with Gasteiger partial charge in [-0.2, -0.15) is 9.61 Å². The molecule has 0 aliphatic heterocycles. The molecule has 0 saturated heterocycles. The van der Waals surface area contributed by atoms with Crippen LogP contribution in [0.3, 0.4) is 0 Å². The fourth-order valence-electron chi connectivity index (χ4n) is 3.31. The first kappa shape index (κ1) is 17.5. The van der Waals surface area contributed by atoms with Crippen molar-refractivity contribution in [1.82, 2.24) is 24.1 Å². The van der Waals surface area contributed by atoms with Crippen molar-refractivity contribution in [2.75, 3.05) is 7.11 Å². The zero-order valence-electron chi connectivity index (χ0n) is 15.5. The summed E-state index contributed by atoms with van der Waals surface area (Å²) in [4.78, 5) is 9.19. The largest absolute Gasteiger partial charge is 0.481 e. The average Bonchev–Trinajstić information content (AvgIpc) is 3.25. The molecule has 0 N–H and O–H groups in total. The second-order valence-electron chi connectivity index (χ2n) is 6.34. The summed E-state index contributed by atoms with van der Waals surface area (Å²) in [7, 11) is 1.65. The van der Waals surface area contributed by atoms with Crippen LogP contribution in [0.2, 0.25) is 5.02 Å². The van der Waals surface area contributed by atoms with Crippen LogP contribution in [-0.4, -0.2) is 31.3 Å². The number of aromatic nitrogens is 5. The standard InChI is InChI=1S/C20H20ClN5O/c1-4-16-17(24-26-18(27-3)10-13(2)23-20(16)26)12-25-9-8-22-19(25)14-6-5-7-15(21)11-14/h5-11H,4,12H2,1-3H3. The third-order valence-electron chi connectivity index (χ3n) is 4.54. The lowest BCUT2D eigenvalue weighted by atomic mass is 10.1. The predicted octanol–water partition coefficient (Wildman–Crippen LogP) is 4.17. The zero-order chi connectivity index (χ0) is 19.0.